The topological polar surface area (TPSA) is 17.8 Å². The molecule has 2 rings (SSSR count). The fraction of sp³-hybridized carbons (Fsp3) is 0.100. The number of rotatable bonds is 2. The Kier molecular flexibility index (Phi) is 3.71. The van der Waals surface area contributed by atoms with Crippen molar-refractivity contribution < 1.29 is 4.39 Å². The quantitative estimate of drug-likeness (QED) is 0.731. The summed E-state index contributed by atoms with van der Waals surface area (Å²) in [5.74, 6) is -0.418. The third-order valence-corrected chi connectivity index (χ3v) is 3.69. The van der Waals surface area contributed by atoms with Crippen molar-refractivity contribution in [2.45, 2.75) is 6.54 Å². The lowest BCUT2D eigenvalue weighted by Gasteiger charge is -2.02. The van der Waals surface area contributed by atoms with E-state index >= 15 is 0 Å². The molecule has 0 atom stereocenters. The molecular weight excluding hydrogens is 365 g/mol. The van der Waals surface area contributed by atoms with E-state index in [-0.39, 0.29) is 5.02 Å². The molecule has 0 N–H and O–H groups in total. The summed E-state index contributed by atoms with van der Waals surface area (Å²) in [4.78, 5) is 0. The average molecular weight is 371 g/mol. The van der Waals surface area contributed by atoms with Gasteiger partial charge in [-0.25, -0.2) is 4.39 Å². The largest absolute Gasteiger partial charge is 0.266 e. The molecule has 1 heterocycles. The summed E-state index contributed by atoms with van der Waals surface area (Å²) in [5, 5.41) is 4.91. The standard InChI is InChI=1S/C10H6Cl2FIN2/c11-7-3-6(1-2-9(7)13)4-16-5-8(12)10(14)15-16/h1-3,5H,4H2. The lowest BCUT2D eigenvalue weighted by atomic mass is 10.2. The van der Waals surface area contributed by atoms with E-state index < -0.39 is 5.82 Å². The number of hydrogen-bond acceptors (Lipinski definition) is 1. The van der Waals surface area contributed by atoms with Gasteiger partial charge in [0.2, 0.25) is 0 Å². The third-order valence-electron chi connectivity index (χ3n) is 2.00. The van der Waals surface area contributed by atoms with Crippen LogP contribution in [0.1, 0.15) is 5.56 Å². The molecule has 0 unspecified atom stereocenters. The van der Waals surface area contributed by atoms with Crippen LogP contribution in [0.5, 0.6) is 0 Å². The van der Waals surface area contributed by atoms with Gasteiger partial charge in [0.05, 0.1) is 16.6 Å². The first-order valence-electron chi connectivity index (χ1n) is 4.38. The minimum atomic E-state index is -0.418. The van der Waals surface area contributed by atoms with Gasteiger partial charge in [0.1, 0.15) is 9.52 Å². The Bertz CT molecular complexity index is 508. The van der Waals surface area contributed by atoms with Crippen molar-refractivity contribution in [1.82, 2.24) is 9.78 Å². The molecule has 0 aliphatic heterocycles. The molecule has 0 saturated carbocycles. The zero-order valence-electron chi connectivity index (χ0n) is 7.92. The molecule has 0 aliphatic carbocycles. The van der Waals surface area contributed by atoms with Gasteiger partial charge < -0.3 is 0 Å². The van der Waals surface area contributed by atoms with E-state index in [0.717, 1.165) is 9.26 Å². The summed E-state index contributed by atoms with van der Waals surface area (Å²) in [6.45, 7) is 0.517. The summed E-state index contributed by atoms with van der Waals surface area (Å²) in [5.41, 5.74) is 0.877. The third kappa shape index (κ3) is 2.67. The predicted octanol–water partition coefficient (Wildman–Crippen LogP) is 3.98. The second-order valence-corrected chi connectivity index (χ2v) is 5.05. The van der Waals surface area contributed by atoms with Gasteiger partial charge in [-0.15, -0.1) is 0 Å². The molecular formula is C10H6Cl2FIN2. The van der Waals surface area contributed by atoms with Crippen LogP contribution in [-0.2, 0) is 6.54 Å². The molecule has 0 amide bonds. The molecule has 0 aliphatic rings. The molecule has 2 nitrogen and oxygen atoms in total. The number of nitrogens with zero attached hydrogens (tertiary/aromatic N) is 2. The first-order chi connectivity index (χ1) is 7.56. The van der Waals surface area contributed by atoms with E-state index in [0.29, 0.717) is 11.6 Å². The van der Waals surface area contributed by atoms with Crippen LogP contribution in [0.25, 0.3) is 0 Å². The van der Waals surface area contributed by atoms with Crippen molar-refractivity contribution in [3.05, 3.63) is 49.5 Å². The first-order valence-corrected chi connectivity index (χ1v) is 6.22. The van der Waals surface area contributed by atoms with Crippen molar-refractivity contribution in [2.75, 3.05) is 0 Å². The Labute approximate surface area is 115 Å². The summed E-state index contributed by atoms with van der Waals surface area (Å²) in [6.07, 6.45) is 1.72. The van der Waals surface area contributed by atoms with E-state index in [9.17, 15) is 4.39 Å². The predicted molar refractivity (Wildman–Crippen MR) is 70.5 cm³/mol. The van der Waals surface area contributed by atoms with Crippen molar-refractivity contribution in [3.8, 4) is 0 Å². The Balaban J connectivity index is 2.23. The highest BCUT2D eigenvalue weighted by atomic mass is 127. The molecule has 1 aromatic heterocycles. The van der Waals surface area contributed by atoms with Gasteiger partial charge in [0, 0.05) is 6.20 Å². The number of halogens is 4. The lowest BCUT2D eigenvalue weighted by Crippen LogP contribution is -2.00. The maximum Gasteiger partial charge on any atom is 0.141 e. The molecule has 0 radical (unpaired) electrons. The normalized spacial score (nSPS) is 10.8. The minimum absolute atomic E-state index is 0.116. The van der Waals surface area contributed by atoms with Crippen LogP contribution < -0.4 is 0 Å². The van der Waals surface area contributed by atoms with Crippen LogP contribution in [-0.4, -0.2) is 9.78 Å². The van der Waals surface area contributed by atoms with Gasteiger partial charge in [-0.1, -0.05) is 29.3 Å². The summed E-state index contributed by atoms with van der Waals surface area (Å²) in [6, 6.07) is 4.59. The van der Waals surface area contributed by atoms with Gasteiger partial charge in [-0.2, -0.15) is 5.10 Å². The Morgan fingerprint density at radius 2 is 2.06 bits per heavy atom. The molecule has 0 saturated heterocycles. The lowest BCUT2D eigenvalue weighted by molar-refractivity contribution is 0.624. The van der Waals surface area contributed by atoms with Gasteiger partial charge >= 0.3 is 0 Å². The zero-order chi connectivity index (χ0) is 11.7. The molecule has 84 valence electrons. The molecule has 6 heteroatoms. The second-order valence-electron chi connectivity index (χ2n) is 3.21. The van der Waals surface area contributed by atoms with Crippen molar-refractivity contribution >= 4 is 45.8 Å². The summed E-state index contributed by atoms with van der Waals surface area (Å²) < 4.78 is 15.4. The second kappa shape index (κ2) is 4.89. The number of hydrogen-bond donors (Lipinski definition) is 0. The molecule has 0 bridgehead atoms. The van der Waals surface area contributed by atoms with Crippen molar-refractivity contribution in [3.63, 3.8) is 0 Å². The molecule has 1 aromatic carbocycles. The zero-order valence-corrected chi connectivity index (χ0v) is 11.6. The molecule has 0 fully saturated rings. The molecule has 0 spiro atoms. The average Bonchev–Trinajstić information content (AvgIpc) is 2.52. The fourth-order valence-corrected chi connectivity index (χ4v) is 2.05. The van der Waals surface area contributed by atoms with Crippen LogP contribution in [0.15, 0.2) is 24.4 Å². The summed E-state index contributed by atoms with van der Waals surface area (Å²) >= 11 is 13.6. The van der Waals surface area contributed by atoms with Crippen LogP contribution in [0.4, 0.5) is 4.39 Å². The van der Waals surface area contributed by atoms with E-state index in [4.69, 9.17) is 23.2 Å². The van der Waals surface area contributed by atoms with Crippen LogP contribution in [0, 0.1) is 9.52 Å². The van der Waals surface area contributed by atoms with Gasteiger partial charge in [0.15, 0.2) is 0 Å². The Morgan fingerprint density at radius 1 is 1.31 bits per heavy atom. The highest BCUT2D eigenvalue weighted by molar-refractivity contribution is 14.1. The van der Waals surface area contributed by atoms with Gasteiger partial charge in [-0.3, -0.25) is 4.68 Å². The minimum Gasteiger partial charge on any atom is -0.266 e. The van der Waals surface area contributed by atoms with E-state index in [2.05, 4.69) is 5.10 Å². The highest BCUT2D eigenvalue weighted by Crippen LogP contribution is 2.19. The SMILES string of the molecule is Fc1ccc(Cn2cc(Cl)c(I)n2)cc1Cl. The Hall–Kier alpha value is -0.330. The molecule has 2 aromatic rings. The molecule has 16 heavy (non-hydrogen) atoms. The smallest absolute Gasteiger partial charge is 0.141 e. The van der Waals surface area contributed by atoms with E-state index in [1.807, 2.05) is 22.6 Å². The maximum atomic E-state index is 12.9. The van der Waals surface area contributed by atoms with E-state index in [1.54, 1.807) is 23.0 Å². The Morgan fingerprint density at radius 3 is 2.62 bits per heavy atom. The summed E-state index contributed by atoms with van der Waals surface area (Å²) in [7, 11) is 0. The van der Waals surface area contributed by atoms with Crippen LogP contribution in [0.3, 0.4) is 0 Å². The fourth-order valence-electron chi connectivity index (χ4n) is 1.28. The van der Waals surface area contributed by atoms with Crippen molar-refractivity contribution in [2.24, 2.45) is 0 Å². The van der Waals surface area contributed by atoms with Gasteiger partial charge in [0.25, 0.3) is 0 Å². The van der Waals surface area contributed by atoms with E-state index in [1.165, 1.54) is 6.07 Å². The highest BCUT2D eigenvalue weighted by Gasteiger charge is 2.05. The maximum absolute atomic E-state index is 12.9. The number of aromatic nitrogens is 2. The number of benzene rings is 1. The first kappa shape index (κ1) is 12.1. The monoisotopic (exact) mass is 370 g/mol. The van der Waals surface area contributed by atoms with Crippen molar-refractivity contribution in [1.29, 1.82) is 0 Å². The van der Waals surface area contributed by atoms with Crippen LogP contribution >= 0.6 is 45.8 Å². The van der Waals surface area contributed by atoms with Crippen LogP contribution in [0.2, 0.25) is 10.0 Å². The van der Waals surface area contributed by atoms with Gasteiger partial charge in [-0.05, 0) is 40.3 Å².